The third-order valence-corrected chi connectivity index (χ3v) is 4.43. The monoisotopic (exact) mass is 327 g/mol. The molecule has 0 aliphatic carbocycles. The SMILES string of the molecule is CCc1ccc(C2(O)OCC(C)(C)NC2C)cc1Br. The summed E-state index contributed by atoms with van der Waals surface area (Å²) in [5, 5.41) is 14.2. The fourth-order valence-electron chi connectivity index (χ4n) is 2.53. The number of morpholine rings is 1. The Hall–Kier alpha value is -0.420. The number of halogens is 1. The maximum Gasteiger partial charge on any atom is 0.208 e. The smallest absolute Gasteiger partial charge is 0.208 e. The highest BCUT2D eigenvalue weighted by Crippen LogP contribution is 2.34. The summed E-state index contributed by atoms with van der Waals surface area (Å²) < 4.78 is 6.80. The van der Waals surface area contributed by atoms with Gasteiger partial charge < -0.3 is 15.2 Å². The molecular formula is C15H22BrNO2. The zero-order valence-electron chi connectivity index (χ0n) is 12.0. The lowest BCUT2D eigenvalue weighted by Crippen LogP contribution is -2.63. The van der Waals surface area contributed by atoms with Gasteiger partial charge in [0.1, 0.15) is 0 Å². The van der Waals surface area contributed by atoms with Crippen molar-refractivity contribution in [2.45, 2.75) is 51.5 Å². The van der Waals surface area contributed by atoms with Gasteiger partial charge in [-0.05, 0) is 38.8 Å². The molecule has 0 aromatic heterocycles. The normalized spacial score (nSPS) is 30.3. The molecule has 0 spiro atoms. The summed E-state index contributed by atoms with van der Waals surface area (Å²) in [4.78, 5) is 0. The highest BCUT2D eigenvalue weighted by atomic mass is 79.9. The van der Waals surface area contributed by atoms with Crippen LogP contribution in [0, 0.1) is 0 Å². The van der Waals surface area contributed by atoms with Gasteiger partial charge in [0.25, 0.3) is 0 Å². The molecule has 1 heterocycles. The van der Waals surface area contributed by atoms with Gasteiger partial charge in [-0.2, -0.15) is 0 Å². The third kappa shape index (κ3) is 2.87. The summed E-state index contributed by atoms with van der Waals surface area (Å²) in [5.74, 6) is -1.27. The fraction of sp³-hybridized carbons (Fsp3) is 0.600. The average molecular weight is 328 g/mol. The number of aryl methyl sites for hydroxylation is 1. The van der Waals surface area contributed by atoms with Gasteiger partial charge in [-0.3, -0.25) is 0 Å². The number of ether oxygens (including phenoxy) is 1. The van der Waals surface area contributed by atoms with Crippen LogP contribution < -0.4 is 5.32 Å². The van der Waals surface area contributed by atoms with E-state index in [2.05, 4.69) is 42.0 Å². The first-order chi connectivity index (χ1) is 8.78. The van der Waals surface area contributed by atoms with Crippen molar-refractivity contribution >= 4 is 15.9 Å². The van der Waals surface area contributed by atoms with Crippen molar-refractivity contribution in [3.8, 4) is 0 Å². The van der Waals surface area contributed by atoms with E-state index >= 15 is 0 Å². The van der Waals surface area contributed by atoms with Crippen molar-refractivity contribution in [2.24, 2.45) is 0 Å². The second-order valence-electron chi connectivity index (χ2n) is 5.89. The molecule has 2 rings (SSSR count). The summed E-state index contributed by atoms with van der Waals surface area (Å²) >= 11 is 3.55. The predicted molar refractivity (Wildman–Crippen MR) is 80.0 cm³/mol. The largest absolute Gasteiger partial charge is 0.361 e. The van der Waals surface area contributed by atoms with Crippen molar-refractivity contribution in [1.29, 1.82) is 0 Å². The molecule has 1 aromatic carbocycles. The van der Waals surface area contributed by atoms with Crippen molar-refractivity contribution < 1.29 is 9.84 Å². The zero-order chi connectivity index (χ0) is 14.3. The Kier molecular flexibility index (Phi) is 4.07. The van der Waals surface area contributed by atoms with E-state index in [1.165, 1.54) is 5.56 Å². The first-order valence-electron chi connectivity index (χ1n) is 6.71. The van der Waals surface area contributed by atoms with Crippen LogP contribution in [-0.2, 0) is 16.9 Å². The molecule has 0 bridgehead atoms. The quantitative estimate of drug-likeness (QED) is 0.877. The van der Waals surface area contributed by atoms with Crippen LogP contribution in [0.25, 0.3) is 0 Å². The summed E-state index contributed by atoms with van der Waals surface area (Å²) in [6.45, 7) is 8.67. The van der Waals surface area contributed by atoms with Gasteiger partial charge in [0.15, 0.2) is 0 Å². The fourth-order valence-corrected chi connectivity index (χ4v) is 3.19. The molecule has 2 N–H and O–H groups in total. The molecule has 106 valence electrons. The van der Waals surface area contributed by atoms with Gasteiger partial charge in [-0.25, -0.2) is 0 Å². The van der Waals surface area contributed by atoms with Crippen molar-refractivity contribution in [3.05, 3.63) is 33.8 Å². The van der Waals surface area contributed by atoms with Crippen LogP contribution in [0.3, 0.4) is 0 Å². The summed E-state index contributed by atoms with van der Waals surface area (Å²) in [6, 6.07) is 5.76. The van der Waals surface area contributed by atoms with Crippen molar-refractivity contribution in [2.75, 3.05) is 6.61 Å². The summed E-state index contributed by atoms with van der Waals surface area (Å²) in [5.41, 5.74) is 1.89. The summed E-state index contributed by atoms with van der Waals surface area (Å²) in [7, 11) is 0. The molecule has 2 unspecified atom stereocenters. The van der Waals surface area contributed by atoms with E-state index in [4.69, 9.17) is 4.74 Å². The van der Waals surface area contributed by atoms with E-state index < -0.39 is 5.79 Å². The Morgan fingerprint density at radius 2 is 2.16 bits per heavy atom. The van der Waals surface area contributed by atoms with E-state index in [1.54, 1.807) is 0 Å². The van der Waals surface area contributed by atoms with Gasteiger partial charge in [-0.1, -0.05) is 35.0 Å². The number of hydrogen-bond donors (Lipinski definition) is 2. The van der Waals surface area contributed by atoms with E-state index in [1.807, 2.05) is 25.1 Å². The Labute approximate surface area is 123 Å². The first-order valence-corrected chi connectivity index (χ1v) is 7.51. The van der Waals surface area contributed by atoms with Crippen LogP contribution in [-0.4, -0.2) is 23.3 Å². The number of rotatable bonds is 2. The van der Waals surface area contributed by atoms with Crippen LogP contribution in [0.5, 0.6) is 0 Å². The molecule has 1 aliphatic rings. The molecule has 0 radical (unpaired) electrons. The van der Waals surface area contributed by atoms with Crippen LogP contribution in [0.4, 0.5) is 0 Å². The molecule has 19 heavy (non-hydrogen) atoms. The van der Waals surface area contributed by atoms with E-state index in [0.717, 1.165) is 16.5 Å². The second-order valence-corrected chi connectivity index (χ2v) is 6.75. The van der Waals surface area contributed by atoms with E-state index in [-0.39, 0.29) is 11.6 Å². The van der Waals surface area contributed by atoms with Crippen LogP contribution in [0.15, 0.2) is 22.7 Å². The van der Waals surface area contributed by atoms with Gasteiger partial charge in [0, 0.05) is 15.6 Å². The first kappa shape index (κ1) is 15.0. The predicted octanol–water partition coefficient (Wildman–Crippen LogP) is 2.94. The van der Waals surface area contributed by atoms with Gasteiger partial charge in [-0.15, -0.1) is 0 Å². The van der Waals surface area contributed by atoms with Gasteiger partial charge in [0.05, 0.1) is 12.6 Å². The summed E-state index contributed by atoms with van der Waals surface area (Å²) in [6.07, 6.45) is 0.959. The molecule has 0 amide bonds. The minimum absolute atomic E-state index is 0.119. The van der Waals surface area contributed by atoms with Gasteiger partial charge >= 0.3 is 0 Å². The van der Waals surface area contributed by atoms with E-state index in [0.29, 0.717) is 6.61 Å². The molecule has 1 saturated heterocycles. The number of aliphatic hydroxyl groups is 1. The van der Waals surface area contributed by atoms with Crippen molar-refractivity contribution in [1.82, 2.24) is 5.32 Å². The maximum atomic E-state index is 10.8. The Morgan fingerprint density at radius 1 is 1.47 bits per heavy atom. The highest BCUT2D eigenvalue weighted by Gasteiger charge is 2.44. The third-order valence-electron chi connectivity index (χ3n) is 3.69. The van der Waals surface area contributed by atoms with Crippen LogP contribution in [0.2, 0.25) is 0 Å². The molecule has 1 fully saturated rings. The minimum atomic E-state index is -1.27. The lowest BCUT2D eigenvalue weighted by Gasteiger charge is -2.46. The standard InChI is InChI=1S/C15H22BrNO2/c1-5-11-6-7-12(8-13(11)16)15(18)10(2)17-14(3,4)9-19-15/h6-8,10,17-18H,5,9H2,1-4H3. The molecule has 4 heteroatoms. The number of benzene rings is 1. The lowest BCUT2D eigenvalue weighted by atomic mass is 9.92. The zero-order valence-corrected chi connectivity index (χ0v) is 13.5. The molecule has 1 aromatic rings. The number of nitrogens with one attached hydrogen (secondary N) is 1. The van der Waals surface area contributed by atoms with E-state index in [9.17, 15) is 5.11 Å². The Balaban J connectivity index is 2.32. The Bertz CT molecular complexity index is 475. The molecule has 3 nitrogen and oxygen atoms in total. The highest BCUT2D eigenvalue weighted by molar-refractivity contribution is 9.10. The topological polar surface area (TPSA) is 41.5 Å². The molecule has 2 atom stereocenters. The van der Waals surface area contributed by atoms with Crippen LogP contribution in [0.1, 0.15) is 38.8 Å². The second kappa shape index (κ2) is 5.17. The molecular weight excluding hydrogens is 306 g/mol. The minimum Gasteiger partial charge on any atom is -0.361 e. The number of hydrogen-bond acceptors (Lipinski definition) is 3. The Morgan fingerprint density at radius 3 is 2.68 bits per heavy atom. The molecule has 0 saturated carbocycles. The maximum absolute atomic E-state index is 10.8. The van der Waals surface area contributed by atoms with Crippen LogP contribution >= 0.6 is 15.9 Å². The lowest BCUT2D eigenvalue weighted by molar-refractivity contribution is -0.263. The molecule has 1 aliphatic heterocycles. The average Bonchev–Trinajstić information content (AvgIpc) is 2.34. The van der Waals surface area contributed by atoms with Gasteiger partial charge in [0.2, 0.25) is 5.79 Å². The van der Waals surface area contributed by atoms with Crippen molar-refractivity contribution in [3.63, 3.8) is 0 Å².